The lowest BCUT2D eigenvalue weighted by Crippen LogP contribution is -2.26. The van der Waals surface area contributed by atoms with Crippen molar-refractivity contribution in [2.24, 2.45) is 0 Å². The maximum atomic E-state index is 5.53. The van der Waals surface area contributed by atoms with E-state index in [-0.39, 0.29) is 0 Å². The summed E-state index contributed by atoms with van der Waals surface area (Å²) in [5, 5.41) is 2.61. The first kappa shape index (κ1) is 32.1. The first-order valence-electron chi connectivity index (χ1n) is 18.7. The van der Waals surface area contributed by atoms with Gasteiger partial charge in [0.05, 0.1) is 33.8 Å². The molecule has 0 saturated heterocycles. The molecule has 2 unspecified atom stereocenters. The molecule has 3 aromatic heterocycles. The van der Waals surface area contributed by atoms with Crippen LogP contribution in [0, 0.1) is 0 Å². The molecule has 3 nitrogen and oxygen atoms in total. The van der Waals surface area contributed by atoms with Crippen LogP contribution >= 0.6 is 0 Å². The van der Waals surface area contributed by atoms with Crippen molar-refractivity contribution in [2.75, 3.05) is 0 Å². The van der Waals surface area contributed by atoms with Crippen LogP contribution < -0.4 is 0 Å². The minimum atomic E-state index is -0.409. The van der Waals surface area contributed by atoms with E-state index in [1.54, 1.807) is 0 Å². The summed E-state index contributed by atoms with van der Waals surface area (Å²) in [7, 11) is 0. The molecule has 1 saturated carbocycles. The maximum absolute atomic E-state index is 5.53. The number of pyridine rings is 2. The number of aromatic nitrogens is 3. The van der Waals surface area contributed by atoms with E-state index < -0.39 is 5.41 Å². The first-order valence-corrected chi connectivity index (χ1v) is 18.7. The van der Waals surface area contributed by atoms with Crippen molar-refractivity contribution >= 4 is 21.8 Å². The minimum absolute atomic E-state index is 0.401. The molecule has 0 radical (unpaired) electrons. The second-order valence-corrected chi connectivity index (χ2v) is 14.9. The largest absolute Gasteiger partial charge is 0.309 e. The van der Waals surface area contributed by atoms with E-state index in [9.17, 15) is 0 Å². The second kappa shape index (κ2) is 13.4. The van der Waals surface area contributed by atoms with E-state index in [0.717, 1.165) is 46.7 Å². The Kier molecular flexibility index (Phi) is 8.28. The molecule has 254 valence electrons. The van der Waals surface area contributed by atoms with Crippen LogP contribution in [0.2, 0.25) is 0 Å². The molecule has 0 bridgehead atoms. The Labute approximate surface area is 306 Å². The van der Waals surface area contributed by atoms with Crippen LogP contribution in [0.5, 0.6) is 0 Å². The zero-order chi connectivity index (χ0) is 35.1. The SMILES string of the molecule is CC(C)(c1cccc(-c2ccccc2)n1)c1nc(-c2ccccc2)ccc1C1CCCC(c2ccc3c4ccccc4n(-c4ccccc4)c3c2)C1. The Bertz CT molecular complexity index is 2500. The maximum Gasteiger partial charge on any atom is 0.0705 e. The highest BCUT2D eigenvalue weighted by Crippen LogP contribution is 2.46. The Morgan fingerprint density at radius 1 is 0.538 bits per heavy atom. The molecule has 0 aliphatic heterocycles. The Morgan fingerprint density at radius 3 is 1.92 bits per heavy atom. The summed E-state index contributed by atoms with van der Waals surface area (Å²) in [6.45, 7) is 4.61. The number of benzene rings is 5. The van der Waals surface area contributed by atoms with E-state index in [1.165, 1.54) is 51.5 Å². The van der Waals surface area contributed by atoms with Gasteiger partial charge >= 0.3 is 0 Å². The molecule has 9 rings (SSSR count). The van der Waals surface area contributed by atoms with Crippen LogP contribution in [0.25, 0.3) is 50.0 Å². The molecule has 3 heteroatoms. The molecule has 1 aliphatic rings. The number of hydrogen-bond donors (Lipinski definition) is 0. The average Bonchev–Trinajstić information content (AvgIpc) is 3.55. The topological polar surface area (TPSA) is 30.7 Å². The summed E-state index contributed by atoms with van der Waals surface area (Å²) in [4.78, 5) is 10.8. The van der Waals surface area contributed by atoms with Crippen molar-refractivity contribution in [3.8, 4) is 28.2 Å². The highest BCUT2D eigenvalue weighted by molar-refractivity contribution is 6.09. The molecule has 1 aliphatic carbocycles. The predicted octanol–water partition coefficient (Wildman–Crippen LogP) is 12.7. The number of nitrogens with zero attached hydrogens (tertiary/aromatic N) is 3. The quantitative estimate of drug-likeness (QED) is 0.169. The van der Waals surface area contributed by atoms with Crippen molar-refractivity contribution in [2.45, 2.75) is 56.8 Å². The van der Waals surface area contributed by atoms with Gasteiger partial charge in [0.25, 0.3) is 0 Å². The second-order valence-electron chi connectivity index (χ2n) is 14.9. The lowest BCUT2D eigenvalue weighted by atomic mass is 9.71. The fourth-order valence-electron chi connectivity index (χ4n) is 8.62. The summed E-state index contributed by atoms with van der Waals surface area (Å²) >= 11 is 0. The highest BCUT2D eigenvalue weighted by atomic mass is 15.0. The Hall–Kier alpha value is -5.80. The van der Waals surface area contributed by atoms with Gasteiger partial charge in [0.15, 0.2) is 0 Å². The summed E-state index contributed by atoms with van der Waals surface area (Å²) in [5.41, 5.74) is 12.6. The van der Waals surface area contributed by atoms with Crippen LogP contribution in [-0.4, -0.2) is 14.5 Å². The molecule has 1 fully saturated rings. The zero-order valence-corrected chi connectivity index (χ0v) is 29.9. The van der Waals surface area contributed by atoms with Gasteiger partial charge in [0.1, 0.15) is 0 Å². The third-order valence-electron chi connectivity index (χ3n) is 11.3. The van der Waals surface area contributed by atoms with Gasteiger partial charge in [0.2, 0.25) is 0 Å². The highest BCUT2D eigenvalue weighted by Gasteiger charge is 2.34. The number of para-hydroxylation sites is 2. The third kappa shape index (κ3) is 5.81. The van der Waals surface area contributed by atoms with Gasteiger partial charge in [-0.25, -0.2) is 0 Å². The standard InChI is InChI=1S/C49H43N3/c1-49(2,47-27-15-25-43(50-47)34-16-6-3-7-17-34)48-40(30-31-44(51-48)35-18-8-4-9-19-35)38-21-14-20-36(32-38)37-28-29-42-41-24-12-13-26-45(41)52(46(42)33-37)39-22-10-5-11-23-39/h3-13,15-19,22-31,33,36,38H,14,20-21,32H2,1-2H3. The van der Waals surface area contributed by atoms with E-state index in [0.29, 0.717) is 11.8 Å². The van der Waals surface area contributed by atoms with Crippen LogP contribution in [-0.2, 0) is 5.41 Å². The minimum Gasteiger partial charge on any atom is -0.309 e. The lowest BCUT2D eigenvalue weighted by Gasteiger charge is -2.34. The number of rotatable bonds is 7. The van der Waals surface area contributed by atoms with Gasteiger partial charge < -0.3 is 4.57 Å². The van der Waals surface area contributed by atoms with Crippen molar-refractivity contribution in [3.05, 3.63) is 186 Å². The van der Waals surface area contributed by atoms with Crippen molar-refractivity contribution in [3.63, 3.8) is 0 Å². The lowest BCUT2D eigenvalue weighted by molar-refractivity contribution is 0.388. The molecule has 8 aromatic rings. The molecular weight excluding hydrogens is 631 g/mol. The molecule has 3 heterocycles. The average molecular weight is 674 g/mol. The fraction of sp³-hybridized carbons (Fsp3) is 0.184. The van der Waals surface area contributed by atoms with Gasteiger partial charge in [-0.05, 0) is 98.5 Å². The van der Waals surface area contributed by atoms with Crippen molar-refractivity contribution in [1.82, 2.24) is 14.5 Å². The predicted molar refractivity (Wildman–Crippen MR) is 216 cm³/mol. The zero-order valence-electron chi connectivity index (χ0n) is 29.9. The van der Waals surface area contributed by atoms with Crippen LogP contribution in [0.3, 0.4) is 0 Å². The van der Waals surface area contributed by atoms with Gasteiger partial charge in [-0.2, -0.15) is 0 Å². The summed E-state index contributed by atoms with van der Waals surface area (Å²) in [6, 6.07) is 59.0. The molecule has 2 atom stereocenters. The van der Waals surface area contributed by atoms with Crippen molar-refractivity contribution in [1.29, 1.82) is 0 Å². The summed E-state index contributed by atoms with van der Waals surface area (Å²) in [6.07, 6.45) is 4.65. The Morgan fingerprint density at radius 2 is 1.17 bits per heavy atom. The molecule has 52 heavy (non-hydrogen) atoms. The van der Waals surface area contributed by atoms with E-state index >= 15 is 0 Å². The number of hydrogen-bond acceptors (Lipinski definition) is 2. The molecule has 0 spiro atoms. The smallest absolute Gasteiger partial charge is 0.0705 e. The fourth-order valence-corrected chi connectivity index (χ4v) is 8.62. The first-order chi connectivity index (χ1) is 25.5. The normalized spacial score (nSPS) is 16.3. The van der Waals surface area contributed by atoms with Gasteiger partial charge in [-0.3, -0.25) is 9.97 Å². The van der Waals surface area contributed by atoms with Crippen LogP contribution in [0.4, 0.5) is 0 Å². The van der Waals surface area contributed by atoms with E-state index in [2.05, 4.69) is 182 Å². The summed E-state index contributed by atoms with van der Waals surface area (Å²) in [5.74, 6) is 0.869. The van der Waals surface area contributed by atoms with E-state index in [4.69, 9.17) is 9.97 Å². The monoisotopic (exact) mass is 673 g/mol. The van der Waals surface area contributed by atoms with Gasteiger partial charge in [-0.15, -0.1) is 0 Å². The third-order valence-corrected chi connectivity index (χ3v) is 11.3. The van der Waals surface area contributed by atoms with Gasteiger partial charge in [0, 0.05) is 33.0 Å². The number of fused-ring (bicyclic) bond motifs is 3. The Balaban J connectivity index is 1.12. The van der Waals surface area contributed by atoms with Crippen LogP contribution in [0.1, 0.15) is 73.9 Å². The molecule has 5 aromatic carbocycles. The molecular formula is C49H43N3. The van der Waals surface area contributed by atoms with Crippen molar-refractivity contribution < 1.29 is 0 Å². The molecule has 0 N–H and O–H groups in total. The van der Waals surface area contributed by atoms with Crippen LogP contribution in [0.15, 0.2) is 164 Å². The van der Waals surface area contributed by atoms with E-state index in [1.807, 2.05) is 0 Å². The summed E-state index contributed by atoms with van der Waals surface area (Å²) < 4.78 is 2.44. The molecule has 0 amide bonds. The van der Waals surface area contributed by atoms with Gasteiger partial charge in [-0.1, -0.05) is 128 Å².